The Bertz CT molecular complexity index is 3080. The minimum Gasteiger partial charge on any atom is -0.479 e. The molecule has 4 aromatic carbocycles. The van der Waals surface area contributed by atoms with Crippen LogP contribution in [0, 0.1) is 10.8 Å². The van der Waals surface area contributed by atoms with Crippen molar-refractivity contribution in [3.63, 3.8) is 0 Å². The van der Waals surface area contributed by atoms with Crippen LogP contribution in [0.2, 0.25) is 5.02 Å². The quantitative estimate of drug-likeness (QED) is 0.0393. The van der Waals surface area contributed by atoms with Crippen molar-refractivity contribution in [1.29, 1.82) is 0 Å². The second-order valence-corrected chi connectivity index (χ2v) is 22.4. The molecule has 1 aromatic heterocycles. The maximum Gasteiger partial charge on any atom is 0.433 e. The van der Waals surface area contributed by atoms with Gasteiger partial charge in [-0.05, 0) is 105 Å². The molecule has 0 saturated carbocycles. The van der Waals surface area contributed by atoms with Crippen LogP contribution in [-0.2, 0) is 25.4 Å². The van der Waals surface area contributed by atoms with Crippen LogP contribution in [0.4, 0.5) is 22.7 Å². The van der Waals surface area contributed by atoms with Gasteiger partial charge in [-0.3, -0.25) is 14.7 Å². The number of piperidine rings is 3. The molecule has 9 rings (SSSR count). The fraction of sp³-hybridized carbons (Fsp3) is 0.392. The van der Waals surface area contributed by atoms with Crippen molar-refractivity contribution in [3.05, 3.63) is 105 Å². The van der Waals surface area contributed by atoms with E-state index in [1.807, 2.05) is 62.5 Å². The summed E-state index contributed by atoms with van der Waals surface area (Å²) in [4.78, 5) is 69.7. The van der Waals surface area contributed by atoms with E-state index >= 15 is 0 Å². The number of benzene rings is 4. The van der Waals surface area contributed by atoms with Gasteiger partial charge in [0.25, 0.3) is 5.91 Å². The normalized spacial score (nSPS) is 19.8. The van der Waals surface area contributed by atoms with Crippen molar-refractivity contribution in [2.45, 2.75) is 75.7 Å². The molecule has 0 radical (unpaired) electrons. The minimum absolute atomic E-state index is 0.00502. The zero-order chi connectivity index (χ0) is 50.2. The predicted molar refractivity (Wildman–Crippen MR) is 275 cm³/mol. The molecule has 2 amide bonds. The van der Waals surface area contributed by atoms with E-state index in [0.29, 0.717) is 70.4 Å². The lowest BCUT2D eigenvalue weighted by molar-refractivity contribution is -0.478. The van der Waals surface area contributed by atoms with Crippen LogP contribution >= 0.6 is 22.9 Å². The fourth-order valence-corrected chi connectivity index (χ4v) is 13.9. The first-order chi connectivity index (χ1) is 34.0. The number of carbonyl (C=O) groups excluding carboxylic acids is 2. The Labute approximate surface area is 420 Å². The summed E-state index contributed by atoms with van der Waals surface area (Å²) < 4.78 is 35.3. The number of ether oxygens (including phenoxy) is 1. The number of sulfonamides is 1. The van der Waals surface area contributed by atoms with Gasteiger partial charge >= 0.3 is 17.8 Å². The summed E-state index contributed by atoms with van der Waals surface area (Å²) in [5, 5.41) is 27.8. The van der Waals surface area contributed by atoms with Crippen LogP contribution in [0.3, 0.4) is 0 Å². The number of carboxylic acid groups (broad SMARTS) is 2. The Morgan fingerprint density at radius 1 is 0.958 bits per heavy atom. The Morgan fingerprint density at radius 3 is 2.46 bits per heavy atom. The minimum atomic E-state index is -3.69. The highest BCUT2D eigenvalue weighted by Gasteiger charge is 2.44. The molecule has 0 bridgehead atoms. The van der Waals surface area contributed by atoms with Crippen molar-refractivity contribution in [1.82, 2.24) is 9.62 Å². The molecule has 4 N–H and O–H groups in total. The molecule has 20 heteroatoms. The number of nitroso groups, excluding NO2 is 1. The Hall–Kier alpha value is -6.25. The molecule has 2 unspecified atom stereocenters. The van der Waals surface area contributed by atoms with E-state index in [4.69, 9.17) is 26.4 Å². The van der Waals surface area contributed by atoms with Gasteiger partial charge in [-0.25, -0.2) is 22.8 Å². The van der Waals surface area contributed by atoms with Gasteiger partial charge in [-0.1, -0.05) is 48.0 Å². The highest BCUT2D eigenvalue weighted by Crippen LogP contribution is 2.47. The lowest BCUT2D eigenvalue weighted by atomic mass is 9.85. The molecular formula is C51H55ClN7O10S2+. The number of rotatable bonds is 17. The maximum atomic E-state index is 14.0. The van der Waals surface area contributed by atoms with Gasteiger partial charge in [0.1, 0.15) is 11.1 Å². The number of carbonyl (C=O) groups is 4. The largest absolute Gasteiger partial charge is 0.479 e. The summed E-state index contributed by atoms with van der Waals surface area (Å²) in [7, 11) is -3.69. The molecule has 0 aliphatic carbocycles. The first kappa shape index (κ1) is 49.7. The van der Waals surface area contributed by atoms with Gasteiger partial charge in [0.15, 0.2) is 17.2 Å². The second-order valence-electron chi connectivity index (χ2n) is 19.1. The van der Waals surface area contributed by atoms with Gasteiger partial charge < -0.3 is 30.5 Å². The molecule has 5 aromatic rings. The summed E-state index contributed by atoms with van der Waals surface area (Å²) in [6, 6.07) is 24.4. The van der Waals surface area contributed by atoms with Crippen molar-refractivity contribution >= 4 is 96.5 Å². The van der Waals surface area contributed by atoms with E-state index in [0.717, 1.165) is 71.6 Å². The van der Waals surface area contributed by atoms with Gasteiger partial charge in [0.2, 0.25) is 16.6 Å². The van der Waals surface area contributed by atoms with E-state index in [9.17, 15) is 37.6 Å². The molecule has 4 aliphatic heterocycles. The van der Waals surface area contributed by atoms with Gasteiger partial charge in [-0.2, -0.15) is 4.31 Å². The number of anilines is 3. The van der Waals surface area contributed by atoms with E-state index in [1.165, 1.54) is 0 Å². The summed E-state index contributed by atoms with van der Waals surface area (Å²) >= 11 is 7.39. The highest BCUT2D eigenvalue weighted by molar-refractivity contribution is 7.88. The molecule has 71 heavy (non-hydrogen) atoms. The number of aromatic carboxylic acids is 1. The summed E-state index contributed by atoms with van der Waals surface area (Å²) in [6.45, 7) is 6.49. The Morgan fingerprint density at radius 2 is 1.72 bits per heavy atom. The third-order valence-corrected chi connectivity index (χ3v) is 17.5. The number of aliphatic carboxylic acids is 1. The lowest BCUT2D eigenvalue weighted by Gasteiger charge is -2.43. The first-order valence-electron chi connectivity index (χ1n) is 23.7. The molecule has 2 atom stereocenters. The molecule has 3 fully saturated rings. The smallest absolute Gasteiger partial charge is 0.433 e. The van der Waals surface area contributed by atoms with Crippen LogP contribution in [0.15, 0.2) is 83.9 Å². The van der Waals surface area contributed by atoms with Gasteiger partial charge in [0.05, 0.1) is 33.2 Å². The monoisotopic (exact) mass is 1020 g/mol. The summed E-state index contributed by atoms with van der Waals surface area (Å²) in [6.07, 6.45) is 5.43. The number of aliphatic imine (C=N–C) groups is 1. The van der Waals surface area contributed by atoms with Crippen LogP contribution in [0.1, 0.15) is 78.0 Å². The molecule has 5 heterocycles. The Kier molecular flexibility index (Phi) is 14.3. The standard InChI is InChI=1S/C51H54ClN7O10S2/c1-51(2)26-32(27-55-36-9-4-7-33(25-36)47-45(52)46(69-29-43(61)62)48(70-47)50(64)65)16-23-58(51)71(67,68)30-31-6-3-8-35(24-31)54-20-19-53-34-17-21-56(22-18-34)40-13-14-41-44-38(40)10-5-11-39(44)49(63)59(41)37-12-15-42(60)57(66)28-37/h3-11,13-14,24-25,27,32,34,37,53-54H,12,15-23,26,28-30H2,1-2H3,(H-,61,62,64,65)/p+1. The molecule has 3 saturated heterocycles. The van der Waals surface area contributed by atoms with E-state index in [1.54, 1.807) is 33.5 Å². The average molecular weight is 1030 g/mol. The zero-order valence-electron chi connectivity index (χ0n) is 39.3. The first-order valence-corrected chi connectivity index (χ1v) is 26.5. The molecular weight excluding hydrogens is 970 g/mol. The number of thiophene rings is 1. The van der Waals surface area contributed by atoms with Crippen LogP contribution in [0.25, 0.3) is 21.2 Å². The number of amides is 2. The highest BCUT2D eigenvalue weighted by atomic mass is 35.5. The number of halogens is 1. The van der Waals surface area contributed by atoms with Gasteiger partial charge in [0, 0.05) is 83.1 Å². The van der Waals surface area contributed by atoms with Crippen molar-refractivity contribution in [2.24, 2.45) is 10.9 Å². The van der Waals surface area contributed by atoms with Crippen molar-refractivity contribution in [2.75, 3.05) is 61.0 Å². The lowest BCUT2D eigenvalue weighted by Crippen LogP contribution is -2.53. The zero-order valence-corrected chi connectivity index (χ0v) is 41.7. The van der Waals surface area contributed by atoms with Crippen molar-refractivity contribution < 1.29 is 47.3 Å². The average Bonchev–Trinajstić information content (AvgIpc) is 3.83. The summed E-state index contributed by atoms with van der Waals surface area (Å²) in [5.41, 5.74) is 4.54. The molecule has 0 spiro atoms. The molecule has 372 valence electrons. The predicted octanol–water partition coefficient (Wildman–Crippen LogP) is 8.20. The topological polar surface area (TPSA) is 218 Å². The third kappa shape index (κ3) is 10.6. The van der Waals surface area contributed by atoms with Crippen LogP contribution < -0.4 is 25.2 Å². The SMILES string of the molecule is CC1(C)CC(C=Nc2cccc(-c3sc(C(=O)O)c(OCC(=O)O)c3Cl)c2)CCN1S(=O)(=O)Cc1cccc(NCCNC2CCN(c3ccc4c5c(cccc35)C(=O)N4C3CCC(=O)[N+](=O)C3)CC2)c1. The van der Waals surface area contributed by atoms with Crippen LogP contribution in [0.5, 0.6) is 5.75 Å². The fourth-order valence-electron chi connectivity index (χ4n) is 10.5. The Balaban J connectivity index is 0.746. The number of hydrogen-bond acceptors (Lipinski definition) is 13. The van der Waals surface area contributed by atoms with E-state index in [2.05, 4.69) is 27.7 Å². The number of hydrogen-bond donors (Lipinski definition) is 4. The summed E-state index contributed by atoms with van der Waals surface area (Å²) in [5.74, 6) is -3.45. The number of carboxylic acids is 2. The number of nitrogens with one attached hydrogen (secondary N) is 2. The van der Waals surface area contributed by atoms with Gasteiger partial charge in [-0.15, -0.1) is 11.3 Å². The third-order valence-electron chi connectivity index (χ3n) is 13.8. The maximum absolute atomic E-state index is 14.0. The van der Waals surface area contributed by atoms with E-state index < -0.39 is 40.0 Å². The van der Waals surface area contributed by atoms with Crippen molar-refractivity contribution in [3.8, 4) is 16.2 Å². The van der Waals surface area contributed by atoms with Crippen LogP contribution in [-0.4, -0.2) is 121 Å². The second kappa shape index (κ2) is 20.5. The van der Waals surface area contributed by atoms with E-state index in [-0.39, 0.29) is 52.2 Å². The molecule has 17 nitrogen and oxygen atoms in total. The number of nitrogens with zero attached hydrogens (tertiary/aromatic N) is 5. The molecule has 4 aliphatic rings.